The van der Waals surface area contributed by atoms with E-state index < -0.39 is 28.0 Å². The highest BCUT2D eigenvalue weighted by molar-refractivity contribution is 7.92. The normalized spacial score (nSPS) is 18.9. The second-order valence-corrected chi connectivity index (χ2v) is 14.1. The molecule has 1 aliphatic heterocycles. The summed E-state index contributed by atoms with van der Waals surface area (Å²) in [5, 5.41) is 5.74. The number of aromatic nitrogens is 1. The molecule has 0 aliphatic carbocycles. The van der Waals surface area contributed by atoms with Gasteiger partial charge >= 0.3 is 0 Å². The molecular formula is C22H30N5O4PS. The average molecular weight is 492 g/mol. The lowest BCUT2D eigenvalue weighted by Crippen LogP contribution is -2.52. The summed E-state index contributed by atoms with van der Waals surface area (Å²) in [5.41, 5.74) is 8.61. The molecule has 1 atom stereocenters. The molecule has 1 aliphatic rings. The summed E-state index contributed by atoms with van der Waals surface area (Å²) < 4.78 is 43.6. The molecule has 2 aromatic rings. The number of nitrogens with two attached hydrogens (primary N) is 1. The average Bonchev–Trinajstić information content (AvgIpc) is 2.75. The molecule has 0 bridgehead atoms. The first kappa shape index (κ1) is 25.0. The van der Waals surface area contributed by atoms with Gasteiger partial charge in [-0.15, -0.1) is 0 Å². The van der Waals surface area contributed by atoms with Gasteiger partial charge in [0.25, 0.3) is 0 Å². The summed E-state index contributed by atoms with van der Waals surface area (Å²) in [6, 6.07) is 10.0. The SMILES string of the molecule is COc1nc(P(C)(C)=O)ccc1C1(N)N=CC(C)=C(Nc2ccccc2S(=O)(=O)C(C)C)N1. The van der Waals surface area contributed by atoms with Gasteiger partial charge in [-0.2, -0.15) is 0 Å². The summed E-state index contributed by atoms with van der Waals surface area (Å²) in [6.07, 6.45) is 1.59. The van der Waals surface area contributed by atoms with Crippen molar-refractivity contribution in [3.05, 3.63) is 53.4 Å². The van der Waals surface area contributed by atoms with Crippen LogP contribution in [0.25, 0.3) is 0 Å². The number of allylic oxidation sites excluding steroid dienone is 1. The number of rotatable bonds is 7. The van der Waals surface area contributed by atoms with E-state index in [1.54, 1.807) is 69.8 Å². The van der Waals surface area contributed by atoms with Crippen molar-refractivity contribution in [3.8, 4) is 5.88 Å². The Morgan fingerprint density at radius 2 is 1.85 bits per heavy atom. The Morgan fingerprint density at radius 3 is 2.45 bits per heavy atom. The second-order valence-electron chi connectivity index (χ2n) is 8.50. The Kier molecular flexibility index (Phi) is 6.75. The zero-order chi connectivity index (χ0) is 24.6. The van der Waals surface area contributed by atoms with E-state index in [4.69, 9.17) is 10.5 Å². The molecule has 0 saturated heterocycles. The summed E-state index contributed by atoms with van der Waals surface area (Å²) in [7, 11) is -4.67. The van der Waals surface area contributed by atoms with Crippen molar-refractivity contribution in [2.45, 2.75) is 36.7 Å². The summed E-state index contributed by atoms with van der Waals surface area (Å²) >= 11 is 0. The largest absolute Gasteiger partial charge is 0.481 e. The van der Waals surface area contributed by atoms with E-state index in [0.29, 0.717) is 22.5 Å². The molecule has 0 spiro atoms. The molecular weight excluding hydrogens is 461 g/mol. The van der Waals surface area contributed by atoms with Gasteiger partial charge in [-0.1, -0.05) is 12.1 Å². The zero-order valence-corrected chi connectivity index (χ0v) is 21.3. The Morgan fingerprint density at radius 1 is 1.18 bits per heavy atom. The van der Waals surface area contributed by atoms with Crippen LogP contribution in [-0.2, 0) is 20.2 Å². The molecule has 0 radical (unpaired) electrons. The Bertz CT molecular complexity index is 1280. The first-order valence-corrected chi connectivity index (χ1v) is 14.5. The van der Waals surface area contributed by atoms with Gasteiger partial charge in [-0.25, -0.2) is 18.4 Å². The number of hydrogen-bond donors (Lipinski definition) is 3. The van der Waals surface area contributed by atoms with Gasteiger partial charge in [0, 0.05) is 11.8 Å². The molecule has 0 amide bonds. The van der Waals surface area contributed by atoms with Crippen molar-refractivity contribution in [1.82, 2.24) is 10.3 Å². The molecule has 1 aromatic heterocycles. The van der Waals surface area contributed by atoms with Crippen LogP contribution in [0.3, 0.4) is 0 Å². The molecule has 11 heteroatoms. The van der Waals surface area contributed by atoms with Crippen LogP contribution in [0.15, 0.2) is 57.7 Å². The number of nitrogens with one attached hydrogen (secondary N) is 2. The van der Waals surface area contributed by atoms with Crippen molar-refractivity contribution in [1.29, 1.82) is 0 Å². The molecule has 0 saturated carbocycles. The van der Waals surface area contributed by atoms with E-state index in [1.165, 1.54) is 7.11 Å². The third-order valence-corrected chi connectivity index (χ3v) is 8.81. The third kappa shape index (κ3) is 4.98. The van der Waals surface area contributed by atoms with Gasteiger partial charge in [0.05, 0.1) is 28.5 Å². The number of nitrogens with zero attached hydrogens (tertiary/aromatic N) is 2. The third-order valence-electron chi connectivity index (χ3n) is 5.25. The van der Waals surface area contributed by atoms with Crippen LogP contribution in [0.2, 0.25) is 0 Å². The van der Waals surface area contributed by atoms with Crippen molar-refractivity contribution in [2.24, 2.45) is 10.7 Å². The standard InChI is InChI=1S/C22H30N5O4PS/c1-14(2)33(29,30)18-10-8-7-9-17(18)25-20-15(3)13-24-22(23,27-20)16-11-12-19(32(5,6)28)26-21(16)31-4/h7-14,25,27H,23H2,1-6H3. The minimum Gasteiger partial charge on any atom is -0.481 e. The van der Waals surface area contributed by atoms with Crippen molar-refractivity contribution in [2.75, 3.05) is 25.8 Å². The van der Waals surface area contributed by atoms with E-state index >= 15 is 0 Å². The van der Waals surface area contributed by atoms with E-state index in [0.717, 1.165) is 5.57 Å². The molecule has 2 heterocycles. The van der Waals surface area contributed by atoms with E-state index in [-0.39, 0.29) is 10.8 Å². The number of hydrogen-bond acceptors (Lipinski definition) is 9. The Balaban J connectivity index is 2.01. The highest BCUT2D eigenvalue weighted by atomic mass is 32.2. The van der Waals surface area contributed by atoms with Crippen LogP contribution in [0, 0.1) is 0 Å². The molecule has 4 N–H and O–H groups in total. The Hall–Kier alpha value is -2.68. The number of methoxy groups -OCH3 is 1. The van der Waals surface area contributed by atoms with Crippen LogP contribution in [0.4, 0.5) is 5.69 Å². The molecule has 0 fully saturated rings. The van der Waals surface area contributed by atoms with Crippen LogP contribution in [-0.4, -0.2) is 45.3 Å². The lowest BCUT2D eigenvalue weighted by molar-refractivity contribution is 0.344. The summed E-state index contributed by atoms with van der Waals surface area (Å²) in [4.78, 5) is 9.01. The fraction of sp³-hybridized carbons (Fsp3) is 0.364. The van der Waals surface area contributed by atoms with E-state index in [9.17, 15) is 13.0 Å². The van der Waals surface area contributed by atoms with Crippen LogP contribution in [0.1, 0.15) is 26.3 Å². The fourth-order valence-corrected chi connectivity index (χ4v) is 5.20. The number of ether oxygens (including phenoxy) is 1. The molecule has 33 heavy (non-hydrogen) atoms. The molecule has 1 aromatic carbocycles. The number of para-hydroxylation sites is 1. The zero-order valence-electron chi connectivity index (χ0n) is 19.6. The maximum atomic E-state index is 12.8. The van der Waals surface area contributed by atoms with Crippen LogP contribution in [0.5, 0.6) is 5.88 Å². The molecule has 3 rings (SSSR count). The van der Waals surface area contributed by atoms with Gasteiger partial charge < -0.3 is 19.9 Å². The van der Waals surface area contributed by atoms with Gasteiger partial charge in [0.2, 0.25) is 11.7 Å². The highest BCUT2D eigenvalue weighted by Crippen LogP contribution is 2.36. The lowest BCUT2D eigenvalue weighted by Gasteiger charge is -2.34. The van der Waals surface area contributed by atoms with Gasteiger partial charge in [-0.3, -0.25) is 5.73 Å². The monoisotopic (exact) mass is 491 g/mol. The minimum atomic E-state index is -3.52. The van der Waals surface area contributed by atoms with E-state index in [1.807, 2.05) is 6.92 Å². The molecule has 1 unspecified atom stereocenters. The summed E-state index contributed by atoms with van der Waals surface area (Å²) in [6.45, 7) is 8.35. The van der Waals surface area contributed by atoms with Crippen molar-refractivity contribution in [3.63, 3.8) is 0 Å². The molecule has 178 valence electrons. The highest BCUT2D eigenvalue weighted by Gasteiger charge is 2.35. The first-order chi connectivity index (χ1) is 15.3. The maximum Gasteiger partial charge on any atom is 0.222 e. The first-order valence-electron chi connectivity index (χ1n) is 10.3. The number of benzene rings is 1. The Labute approximate surface area is 194 Å². The van der Waals surface area contributed by atoms with Crippen molar-refractivity contribution >= 4 is 34.3 Å². The second kappa shape index (κ2) is 8.93. The van der Waals surface area contributed by atoms with E-state index in [2.05, 4.69) is 20.6 Å². The number of sulfone groups is 1. The van der Waals surface area contributed by atoms with Gasteiger partial charge in [-0.05, 0) is 58.4 Å². The van der Waals surface area contributed by atoms with Crippen molar-refractivity contribution < 1.29 is 17.7 Å². The van der Waals surface area contributed by atoms with Gasteiger partial charge in [0.1, 0.15) is 18.4 Å². The lowest BCUT2D eigenvalue weighted by atomic mass is 10.1. The van der Waals surface area contributed by atoms with Gasteiger partial charge in [0.15, 0.2) is 9.84 Å². The quantitative estimate of drug-likeness (QED) is 0.503. The predicted octanol–water partition coefficient (Wildman–Crippen LogP) is 2.61. The predicted molar refractivity (Wildman–Crippen MR) is 132 cm³/mol. The molecule has 9 nitrogen and oxygen atoms in total. The van der Waals surface area contributed by atoms with Crippen LogP contribution < -0.4 is 26.5 Å². The maximum absolute atomic E-state index is 12.8. The summed E-state index contributed by atoms with van der Waals surface area (Å²) in [5.74, 6) is -0.761. The smallest absolute Gasteiger partial charge is 0.222 e. The number of aliphatic imine (C=N–C) groups is 1. The number of pyridine rings is 1. The topological polar surface area (TPSA) is 136 Å². The minimum absolute atomic E-state index is 0.192. The number of anilines is 1. The van der Waals surface area contributed by atoms with Crippen LogP contribution >= 0.6 is 7.14 Å². The fourth-order valence-electron chi connectivity index (χ4n) is 3.23.